The van der Waals surface area contributed by atoms with Crippen molar-refractivity contribution in [2.24, 2.45) is 0 Å². The predicted molar refractivity (Wildman–Crippen MR) is 116 cm³/mol. The number of ether oxygens (including phenoxy) is 1. The van der Waals surface area contributed by atoms with Gasteiger partial charge in [-0.3, -0.25) is 0 Å². The van der Waals surface area contributed by atoms with Crippen molar-refractivity contribution in [3.8, 4) is 11.3 Å². The molecule has 1 aliphatic rings. The third kappa shape index (κ3) is 5.52. The van der Waals surface area contributed by atoms with Gasteiger partial charge in [0.2, 0.25) is 0 Å². The molecule has 3 rings (SSSR count). The fraction of sp³-hybridized carbons (Fsp3) is 0.545. The number of nitrogens with zero attached hydrogens (tertiary/aromatic N) is 3. The van der Waals surface area contributed by atoms with Crippen LogP contribution in [-0.2, 0) is 11.3 Å². The molecule has 30 heavy (non-hydrogen) atoms. The number of imidazole rings is 1. The Balaban J connectivity index is 1.77. The molecule has 6 nitrogen and oxygen atoms in total. The first-order valence-electron chi connectivity index (χ1n) is 10.3. The zero-order valence-electron chi connectivity index (χ0n) is 18.0. The Kier molecular flexibility index (Phi) is 7.03. The van der Waals surface area contributed by atoms with Crippen LogP contribution in [0, 0.1) is 5.82 Å². The van der Waals surface area contributed by atoms with Crippen LogP contribution in [0.3, 0.4) is 0 Å². The summed E-state index contributed by atoms with van der Waals surface area (Å²) in [4.78, 5) is 19.0. The van der Waals surface area contributed by atoms with Crippen LogP contribution >= 0.6 is 11.6 Å². The molecular weight excluding hydrogens is 407 g/mol. The van der Waals surface area contributed by atoms with Crippen LogP contribution in [0.4, 0.5) is 9.18 Å². The van der Waals surface area contributed by atoms with Gasteiger partial charge in [0.25, 0.3) is 0 Å². The second kappa shape index (κ2) is 9.35. The maximum atomic E-state index is 13.6. The Labute approximate surface area is 182 Å². The lowest BCUT2D eigenvalue weighted by molar-refractivity contribution is 0.0202. The van der Waals surface area contributed by atoms with E-state index in [1.165, 1.54) is 6.07 Å². The van der Waals surface area contributed by atoms with Crippen molar-refractivity contribution in [2.45, 2.75) is 51.7 Å². The molecule has 0 saturated carbocycles. The van der Waals surface area contributed by atoms with Crippen LogP contribution in [0.1, 0.15) is 45.4 Å². The number of nitrogens with one attached hydrogen (secondary N) is 1. The molecule has 1 amide bonds. The van der Waals surface area contributed by atoms with E-state index < -0.39 is 11.4 Å². The van der Waals surface area contributed by atoms with Crippen LogP contribution in [0.25, 0.3) is 11.3 Å². The Morgan fingerprint density at radius 1 is 1.33 bits per heavy atom. The number of aromatic nitrogens is 2. The predicted octanol–water partition coefficient (Wildman–Crippen LogP) is 4.68. The number of rotatable bonds is 5. The summed E-state index contributed by atoms with van der Waals surface area (Å²) in [6.07, 6.45) is 3.37. The van der Waals surface area contributed by atoms with Gasteiger partial charge in [0.15, 0.2) is 0 Å². The minimum absolute atomic E-state index is 0.0875. The summed E-state index contributed by atoms with van der Waals surface area (Å²) in [6.45, 7) is 8.48. The minimum Gasteiger partial charge on any atom is -0.444 e. The van der Waals surface area contributed by atoms with Gasteiger partial charge in [0.05, 0.1) is 10.7 Å². The van der Waals surface area contributed by atoms with Gasteiger partial charge in [-0.15, -0.1) is 0 Å². The number of amides is 1. The molecule has 164 valence electrons. The van der Waals surface area contributed by atoms with Crippen LogP contribution in [0.15, 0.2) is 24.4 Å². The third-order valence-corrected chi connectivity index (χ3v) is 5.43. The molecule has 1 fully saturated rings. The number of likely N-dealkylation sites (N-methyl/N-ethyl adjacent to an activating group) is 1. The molecule has 0 spiro atoms. The van der Waals surface area contributed by atoms with Crippen molar-refractivity contribution >= 4 is 17.7 Å². The summed E-state index contributed by atoms with van der Waals surface area (Å²) >= 11 is 5.97. The molecule has 1 aromatic heterocycles. The first kappa shape index (κ1) is 22.6. The molecule has 0 radical (unpaired) electrons. The molecule has 2 aromatic rings. The van der Waals surface area contributed by atoms with Gasteiger partial charge < -0.3 is 19.5 Å². The van der Waals surface area contributed by atoms with Gasteiger partial charge in [-0.25, -0.2) is 14.2 Å². The van der Waals surface area contributed by atoms with Crippen molar-refractivity contribution in [2.75, 3.05) is 26.7 Å². The highest BCUT2D eigenvalue weighted by Crippen LogP contribution is 2.31. The number of hydrogen-bond acceptors (Lipinski definition) is 4. The molecule has 8 heteroatoms. The van der Waals surface area contributed by atoms with E-state index in [1.54, 1.807) is 17.0 Å². The third-order valence-electron chi connectivity index (χ3n) is 5.14. The minimum atomic E-state index is -0.497. The van der Waals surface area contributed by atoms with E-state index in [0.717, 1.165) is 43.0 Å². The first-order chi connectivity index (χ1) is 14.2. The fourth-order valence-electron chi connectivity index (χ4n) is 3.61. The van der Waals surface area contributed by atoms with Crippen molar-refractivity contribution in [1.29, 1.82) is 0 Å². The zero-order valence-corrected chi connectivity index (χ0v) is 18.8. The number of benzene rings is 1. The highest BCUT2D eigenvalue weighted by molar-refractivity contribution is 6.31. The molecule has 0 aliphatic carbocycles. The quantitative estimate of drug-likeness (QED) is 0.739. The summed E-state index contributed by atoms with van der Waals surface area (Å²) in [5.74, 6) is 0.791. The van der Waals surface area contributed by atoms with Crippen molar-refractivity contribution in [1.82, 2.24) is 19.8 Å². The van der Waals surface area contributed by atoms with Crippen LogP contribution in [-0.4, -0.2) is 52.8 Å². The monoisotopic (exact) mass is 436 g/mol. The average Bonchev–Trinajstić information content (AvgIpc) is 3.11. The van der Waals surface area contributed by atoms with Crippen molar-refractivity contribution < 1.29 is 13.9 Å². The lowest BCUT2D eigenvalue weighted by Gasteiger charge is -2.33. The maximum Gasteiger partial charge on any atom is 0.410 e. The molecule has 1 aromatic carbocycles. The molecule has 0 bridgehead atoms. The Morgan fingerprint density at radius 2 is 2.03 bits per heavy atom. The molecule has 1 aliphatic heterocycles. The molecule has 0 atom stereocenters. The lowest BCUT2D eigenvalue weighted by Crippen LogP contribution is -2.41. The molecule has 1 N–H and O–H groups in total. The maximum absolute atomic E-state index is 13.6. The largest absolute Gasteiger partial charge is 0.444 e. The zero-order chi connectivity index (χ0) is 21.9. The normalized spacial score (nSPS) is 15.5. The van der Waals surface area contributed by atoms with E-state index in [0.29, 0.717) is 13.1 Å². The number of carbonyl (C=O) groups is 1. The molecular formula is C22H30ClFN4O2. The highest BCUT2D eigenvalue weighted by atomic mass is 35.5. The van der Waals surface area contributed by atoms with Gasteiger partial charge in [-0.05, 0) is 58.9 Å². The average molecular weight is 437 g/mol. The molecule has 2 heterocycles. The Hall–Kier alpha value is -2.12. The summed E-state index contributed by atoms with van der Waals surface area (Å²) < 4.78 is 21.2. The summed E-state index contributed by atoms with van der Waals surface area (Å²) in [7, 11) is 1.91. The van der Waals surface area contributed by atoms with E-state index in [2.05, 4.69) is 9.88 Å². The lowest BCUT2D eigenvalue weighted by atomic mass is 9.96. The van der Waals surface area contributed by atoms with E-state index in [1.807, 2.05) is 34.0 Å². The number of halogens is 2. The van der Waals surface area contributed by atoms with Gasteiger partial charge in [0, 0.05) is 43.9 Å². The molecule has 0 unspecified atom stereocenters. The van der Waals surface area contributed by atoms with Gasteiger partial charge in [-0.1, -0.05) is 11.6 Å². The SMILES string of the molecule is CNCCn1cc(-c2ccc(F)c(Cl)c2)nc1C1CCN(C(=O)OC(C)(C)C)CC1. The van der Waals surface area contributed by atoms with Gasteiger partial charge in [-0.2, -0.15) is 0 Å². The first-order valence-corrected chi connectivity index (χ1v) is 10.7. The number of likely N-dealkylation sites (tertiary alicyclic amines) is 1. The smallest absolute Gasteiger partial charge is 0.410 e. The fourth-order valence-corrected chi connectivity index (χ4v) is 3.79. The van der Waals surface area contributed by atoms with Gasteiger partial charge in [0.1, 0.15) is 17.2 Å². The topological polar surface area (TPSA) is 59.4 Å². The standard InChI is InChI=1S/C22H30ClFN4O2/c1-22(2,3)30-21(29)27-10-7-15(8-11-27)20-26-19(14-28(20)12-9-25-4)16-5-6-18(24)17(23)13-16/h5-6,13-15,25H,7-12H2,1-4H3. The van der Waals surface area contributed by atoms with E-state index in [9.17, 15) is 9.18 Å². The van der Waals surface area contributed by atoms with Crippen LogP contribution in [0.2, 0.25) is 5.02 Å². The Morgan fingerprint density at radius 3 is 2.63 bits per heavy atom. The second-order valence-corrected chi connectivity index (χ2v) is 9.06. The number of carbonyl (C=O) groups excluding carboxylic acids is 1. The van der Waals surface area contributed by atoms with Gasteiger partial charge >= 0.3 is 6.09 Å². The molecule has 1 saturated heterocycles. The van der Waals surface area contributed by atoms with Crippen LogP contribution < -0.4 is 5.32 Å². The van der Waals surface area contributed by atoms with Crippen molar-refractivity contribution in [3.63, 3.8) is 0 Å². The Bertz CT molecular complexity index is 886. The summed E-state index contributed by atoms with van der Waals surface area (Å²) in [6, 6.07) is 4.67. The van der Waals surface area contributed by atoms with Crippen molar-refractivity contribution in [3.05, 3.63) is 41.1 Å². The van der Waals surface area contributed by atoms with Crippen LogP contribution in [0.5, 0.6) is 0 Å². The number of piperidine rings is 1. The highest BCUT2D eigenvalue weighted by Gasteiger charge is 2.29. The van der Waals surface area contributed by atoms with E-state index in [-0.39, 0.29) is 17.0 Å². The van der Waals surface area contributed by atoms with E-state index >= 15 is 0 Å². The van der Waals surface area contributed by atoms with E-state index in [4.69, 9.17) is 21.3 Å². The second-order valence-electron chi connectivity index (χ2n) is 8.65. The summed E-state index contributed by atoms with van der Waals surface area (Å²) in [5, 5.41) is 3.25. The number of hydrogen-bond donors (Lipinski definition) is 1. The summed E-state index contributed by atoms with van der Waals surface area (Å²) in [5.41, 5.74) is 1.07.